The van der Waals surface area contributed by atoms with E-state index in [0.29, 0.717) is 29.6 Å². The van der Waals surface area contributed by atoms with E-state index in [4.69, 9.17) is 31.8 Å². The van der Waals surface area contributed by atoms with E-state index in [0.717, 1.165) is 35.2 Å². The Morgan fingerprint density at radius 3 is 2.47 bits per heavy atom. The minimum atomic E-state index is -0.665. The van der Waals surface area contributed by atoms with Gasteiger partial charge in [0.05, 0.1) is 29.6 Å². The number of hydrogen-bond donors (Lipinski definition) is 2. The average molecular weight is 635 g/mol. The highest BCUT2D eigenvalue weighted by Gasteiger charge is 2.26. The van der Waals surface area contributed by atoms with Gasteiger partial charge in [0.25, 0.3) is 5.91 Å². The van der Waals surface area contributed by atoms with Crippen molar-refractivity contribution in [2.45, 2.75) is 53.1 Å². The van der Waals surface area contributed by atoms with E-state index in [9.17, 15) is 14.4 Å². The number of esters is 1. The molecular formula is C35H43ClN4O5. The van der Waals surface area contributed by atoms with Crippen molar-refractivity contribution in [3.05, 3.63) is 83.2 Å². The Kier molecular flexibility index (Phi) is 12.8. The number of nitrogens with two attached hydrogens (primary N) is 1. The molecule has 0 saturated carbocycles. The number of nitrogens with zero attached hydrogens (tertiary/aromatic N) is 2. The SMILES string of the molecule is CC(=O)CC(=O)OC=CC(NC(=O)c1ccc(-c2ccccc2CN)c(-c2ccc(Cl)c(OCCCN(C)C)c2)n1)C(C)(C)C. The lowest BCUT2D eigenvalue weighted by atomic mass is 9.86. The van der Waals surface area contributed by atoms with Crippen LogP contribution in [0.4, 0.5) is 0 Å². The van der Waals surface area contributed by atoms with Gasteiger partial charge in [0.2, 0.25) is 0 Å². The van der Waals surface area contributed by atoms with Crippen LogP contribution >= 0.6 is 11.6 Å². The van der Waals surface area contributed by atoms with Crippen LogP contribution in [0.5, 0.6) is 5.75 Å². The van der Waals surface area contributed by atoms with Crippen LogP contribution in [0.2, 0.25) is 5.02 Å². The predicted octanol–water partition coefficient (Wildman–Crippen LogP) is 6.04. The third kappa shape index (κ3) is 10.5. The Balaban J connectivity index is 2.00. The van der Waals surface area contributed by atoms with Crippen molar-refractivity contribution in [3.63, 3.8) is 0 Å². The second kappa shape index (κ2) is 16.3. The molecule has 240 valence electrons. The van der Waals surface area contributed by atoms with E-state index >= 15 is 0 Å². The van der Waals surface area contributed by atoms with Crippen molar-refractivity contribution >= 4 is 29.3 Å². The monoisotopic (exact) mass is 634 g/mol. The first kappa shape index (κ1) is 35.4. The van der Waals surface area contributed by atoms with Crippen LogP contribution in [-0.2, 0) is 20.9 Å². The summed E-state index contributed by atoms with van der Waals surface area (Å²) in [6.07, 6.45) is 3.30. The van der Waals surface area contributed by atoms with Crippen LogP contribution in [0.25, 0.3) is 22.4 Å². The number of nitrogens with one attached hydrogen (secondary N) is 1. The number of ketones is 1. The van der Waals surface area contributed by atoms with Crippen molar-refractivity contribution < 1.29 is 23.9 Å². The van der Waals surface area contributed by atoms with E-state index in [1.54, 1.807) is 18.2 Å². The Morgan fingerprint density at radius 2 is 1.80 bits per heavy atom. The molecule has 0 saturated heterocycles. The molecule has 2 aromatic carbocycles. The van der Waals surface area contributed by atoms with Gasteiger partial charge in [0, 0.05) is 24.2 Å². The van der Waals surface area contributed by atoms with Crippen molar-refractivity contribution in [1.29, 1.82) is 0 Å². The molecule has 0 bridgehead atoms. The fraction of sp³-hybridized carbons (Fsp3) is 0.371. The Hall–Kier alpha value is -4.05. The molecule has 3 aromatic rings. The number of benzene rings is 2. The van der Waals surface area contributed by atoms with Gasteiger partial charge in [-0.2, -0.15) is 0 Å². The molecule has 0 spiro atoms. The molecule has 1 atom stereocenters. The minimum Gasteiger partial charge on any atom is -0.492 e. The number of carbonyl (C=O) groups excluding carboxylic acids is 3. The summed E-state index contributed by atoms with van der Waals surface area (Å²) >= 11 is 6.51. The van der Waals surface area contributed by atoms with E-state index in [-0.39, 0.29) is 17.9 Å². The summed E-state index contributed by atoms with van der Waals surface area (Å²) in [7, 11) is 4.02. The molecule has 1 unspecified atom stereocenters. The molecule has 0 aliphatic heterocycles. The van der Waals surface area contributed by atoms with Gasteiger partial charge in [-0.25, -0.2) is 4.98 Å². The number of halogens is 1. The third-order valence-corrected chi connectivity index (χ3v) is 7.26. The van der Waals surface area contributed by atoms with Crippen molar-refractivity contribution in [2.24, 2.45) is 11.1 Å². The van der Waals surface area contributed by atoms with E-state index < -0.39 is 23.3 Å². The average Bonchev–Trinajstić information content (AvgIpc) is 2.98. The quantitative estimate of drug-likeness (QED) is 0.0952. The first-order chi connectivity index (χ1) is 21.3. The summed E-state index contributed by atoms with van der Waals surface area (Å²) in [6, 6.07) is 16.3. The van der Waals surface area contributed by atoms with Gasteiger partial charge in [-0.1, -0.05) is 62.7 Å². The van der Waals surface area contributed by atoms with Crippen LogP contribution in [-0.4, -0.2) is 60.8 Å². The molecule has 0 aliphatic carbocycles. The number of amides is 1. The van der Waals surface area contributed by atoms with Gasteiger partial charge in [-0.15, -0.1) is 0 Å². The molecule has 1 amide bonds. The second-order valence-corrected chi connectivity index (χ2v) is 12.5. The maximum Gasteiger partial charge on any atom is 0.318 e. The molecule has 45 heavy (non-hydrogen) atoms. The topological polar surface area (TPSA) is 124 Å². The first-order valence-corrected chi connectivity index (χ1v) is 15.2. The summed E-state index contributed by atoms with van der Waals surface area (Å²) in [5.74, 6) is -0.845. The Bertz CT molecular complexity index is 1530. The maximum absolute atomic E-state index is 13.6. The second-order valence-electron chi connectivity index (χ2n) is 12.1. The molecule has 3 N–H and O–H groups in total. The summed E-state index contributed by atoms with van der Waals surface area (Å²) in [6.45, 7) is 8.84. The molecule has 0 aliphatic rings. The van der Waals surface area contributed by atoms with Crippen LogP contribution in [0.15, 0.2) is 66.9 Å². The molecule has 10 heteroatoms. The zero-order valence-corrected chi connectivity index (χ0v) is 27.6. The summed E-state index contributed by atoms with van der Waals surface area (Å²) in [5, 5.41) is 3.47. The van der Waals surface area contributed by atoms with E-state index in [1.165, 1.54) is 13.2 Å². The van der Waals surface area contributed by atoms with Crippen molar-refractivity contribution in [3.8, 4) is 28.1 Å². The zero-order chi connectivity index (χ0) is 33.1. The molecule has 9 nitrogen and oxygen atoms in total. The van der Waals surface area contributed by atoms with Gasteiger partial charge in [-0.3, -0.25) is 14.4 Å². The largest absolute Gasteiger partial charge is 0.492 e. The van der Waals surface area contributed by atoms with Crippen molar-refractivity contribution in [1.82, 2.24) is 15.2 Å². The molecule has 1 aromatic heterocycles. The highest BCUT2D eigenvalue weighted by Crippen LogP contribution is 2.36. The van der Waals surface area contributed by atoms with E-state index in [1.807, 2.05) is 77.3 Å². The number of carbonyl (C=O) groups is 3. The smallest absolute Gasteiger partial charge is 0.318 e. The fourth-order valence-corrected chi connectivity index (χ4v) is 4.69. The minimum absolute atomic E-state index is 0.193. The molecule has 0 fully saturated rings. The first-order valence-electron chi connectivity index (χ1n) is 14.8. The van der Waals surface area contributed by atoms with Crippen molar-refractivity contribution in [2.75, 3.05) is 27.2 Å². The molecular weight excluding hydrogens is 592 g/mol. The summed E-state index contributed by atoms with van der Waals surface area (Å²) < 4.78 is 11.1. The predicted molar refractivity (Wildman–Crippen MR) is 178 cm³/mol. The highest BCUT2D eigenvalue weighted by molar-refractivity contribution is 6.32. The fourth-order valence-electron chi connectivity index (χ4n) is 4.52. The summed E-state index contributed by atoms with van der Waals surface area (Å²) in [5.41, 5.74) is 9.78. The van der Waals surface area contributed by atoms with Crippen LogP contribution in [0.1, 0.15) is 56.6 Å². The maximum atomic E-state index is 13.6. The molecule has 0 radical (unpaired) electrons. The third-order valence-electron chi connectivity index (χ3n) is 6.95. The van der Waals surface area contributed by atoms with Gasteiger partial charge in [-0.05, 0) is 74.3 Å². The van der Waals surface area contributed by atoms with E-state index in [2.05, 4.69) is 10.2 Å². The summed E-state index contributed by atoms with van der Waals surface area (Å²) in [4.78, 5) is 43.6. The van der Waals surface area contributed by atoms with Gasteiger partial charge >= 0.3 is 5.97 Å². The number of pyridine rings is 1. The zero-order valence-electron chi connectivity index (χ0n) is 26.9. The lowest BCUT2D eigenvalue weighted by Gasteiger charge is -2.28. The number of hydrogen-bond acceptors (Lipinski definition) is 8. The van der Waals surface area contributed by atoms with Crippen LogP contribution in [0, 0.1) is 5.41 Å². The lowest BCUT2D eigenvalue weighted by Crippen LogP contribution is -2.42. The Morgan fingerprint density at radius 1 is 1.07 bits per heavy atom. The van der Waals surface area contributed by atoms with Gasteiger partial charge < -0.3 is 25.4 Å². The number of ether oxygens (including phenoxy) is 2. The number of rotatable bonds is 14. The molecule has 3 rings (SSSR count). The number of aromatic nitrogens is 1. The van der Waals surface area contributed by atoms with Crippen LogP contribution < -0.4 is 15.8 Å². The standard InChI is InChI=1S/C35H43ClN4O5/c1-23(41)20-32(42)45-19-16-31(35(2,3)4)39-34(43)29-15-13-27(26-11-8-7-10-25(26)22-37)33(38-29)24-12-14-28(36)30(21-24)44-18-9-17-40(5)6/h7-8,10-16,19,21,31H,9,17-18,20,22,37H2,1-6H3,(H,39,43). The van der Waals surface area contributed by atoms with Crippen LogP contribution in [0.3, 0.4) is 0 Å². The lowest BCUT2D eigenvalue weighted by molar-refractivity contribution is -0.140. The van der Waals surface area contributed by atoms with Gasteiger partial charge in [0.1, 0.15) is 23.6 Å². The Labute approximate surface area is 270 Å². The molecule has 1 heterocycles. The highest BCUT2D eigenvalue weighted by atomic mass is 35.5. The van der Waals surface area contributed by atoms with Gasteiger partial charge in [0.15, 0.2) is 0 Å². The number of Topliss-reactive ketones (excluding diaryl/α,β-unsaturated/α-hetero) is 1. The normalized spacial score (nSPS) is 12.3.